The summed E-state index contributed by atoms with van der Waals surface area (Å²) in [5.74, 6) is 0.0271. The fourth-order valence-electron chi connectivity index (χ4n) is 1.70. The predicted molar refractivity (Wildman–Crippen MR) is 66.6 cm³/mol. The second-order valence-corrected chi connectivity index (χ2v) is 4.41. The van der Waals surface area contributed by atoms with E-state index in [1.807, 2.05) is 26.2 Å². The molecule has 0 atom stereocenters. The molecular formula is C12H17N5O. The van der Waals surface area contributed by atoms with Gasteiger partial charge in [-0.2, -0.15) is 10.2 Å². The van der Waals surface area contributed by atoms with Crippen molar-refractivity contribution >= 4 is 5.91 Å². The molecule has 2 rings (SSSR count). The first-order chi connectivity index (χ1) is 8.56. The first-order valence-electron chi connectivity index (χ1n) is 5.76. The normalized spacial score (nSPS) is 10.6. The van der Waals surface area contributed by atoms with E-state index >= 15 is 0 Å². The summed E-state index contributed by atoms with van der Waals surface area (Å²) in [4.78, 5) is 13.7. The van der Waals surface area contributed by atoms with Crippen molar-refractivity contribution in [1.82, 2.24) is 24.5 Å². The number of amides is 1. The maximum absolute atomic E-state index is 12.0. The summed E-state index contributed by atoms with van der Waals surface area (Å²) in [5, 5.41) is 8.18. The van der Waals surface area contributed by atoms with Crippen LogP contribution < -0.4 is 0 Å². The molecule has 0 unspecified atom stereocenters. The van der Waals surface area contributed by atoms with E-state index in [0.29, 0.717) is 6.54 Å². The molecular weight excluding hydrogens is 230 g/mol. The molecule has 2 aromatic heterocycles. The molecule has 2 aromatic rings. The number of carbonyl (C=O) groups is 1. The number of hydrogen-bond donors (Lipinski definition) is 0. The lowest BCUT2D eigenvalue weighted by molar-refractivity contribution is -0.131. The van der Waals surface area contributed by atoms with Gasteiger partial charge < -0.3 is 4.90 Å². The average Bonchev–Trinajstić information content (AvgIpc) is 2.89. The van der Waals surface area contributed by atoms with E-state index in [0.717, 1.165) is 11.3 Å². The van der Waals surface area contributed by atoms with Crippen LogP contribution in [0.15, 0.2) is 24.7 Å². The van der Waals surface area contributed by atoms with E-state index < -0.39 is 0 Å². The number of aryl methyl sites for hydroxylation is 2. The minimum absolute atomic E-state index is 0.0271. The highest BCUT2D eigenvalue weighted by Crippen LogP contribution is 2.03. The SMILES string of the molecule is Cc1cnn(CC(=O)N(C)Cc2ccnn2C)c1. The number of likely N-dealkylation sites (N-methyl/N-ethyl adjacent to an activating group) is 1. The highest BCUT2D eigenvalue weighted by molar-refractivity contribution is 5.75. The zero-order chi connectivity index (χ0) is 13.1. The van der Waals surface area contributed by atoms with Crippen LogP contribution in [0.3, 0.4) is 0 Å². The quantitative estimate of drug-likeness (QED) is 0.794. The van der Waals surface area contributed by atoms with Crippen molar-refractivity contribution < 1.29 is 4.79 Å². The highest BCUT2D eigenvalue weighted by atomic mass is 16.2. The summed E-state index contributed by atoms with van der Waals surface area (Å²) in [6.45, 7) is 2.77. The van der Waals surface area contributed by atoms with Gasteiger partial charge in [0.2, 0.25) is 5.91 Å². The first-order valence-corrected chi connectivity index (χ1v) is 5.76. The molecule has 0 radical (unpaired) electrons. The van der Waals surface area contributed by atoms with Gasteiger partial charge in [0, 0.05) is 26.5 Å². The molecule has 2 heterocycles. The van der Waals surface area contributed by atoms with Crippen LogP contribution in [-0.4, -0.2) is 37.4 Å². The van der Waals surface area contributed by atoms with Crippen molar-refractivity contribution in [3.8, 4) is 0 Å². The third-order valence-corrected chi connectivity index (χ3v) is 2.81. The Hall–Kier alpha value is -2.11. The van der Waals surface area contributed by atoms with Gasteiger partial charge in [-0.3, -0.25) is 14.2 Å². The van der Waals surface area contributed by atoms with Crippen molar-refractivity contribution in [2.75, 3.05) is 7.05 Å². The van der Waals surface area contributed by atoms with Gasteiger partial charge in [-0.25, -0.2) is 0 Å². The summed E-state index contributed by atoms with van der Waals surface area (Å²) >= 11 is 0. The molecule has 0 aliphatic heterocycles. The summed E-state index contributed by atoms with van der Waals surface area (Å²) in [5.41, 5.74) is 2.06. The largest absolute Gasteiger partial charge is 0.338 e. The van der Waals surface area contributed by atoms with Gasteiger partial charge in [-0.1, -0.05) is 0 Å². The van der Waals surface area contributed by atoms with Crippen molar-refractivity contribution in [2.24, 2.45) is 7.05 Å². The number of carbonyl (C=O) groups excluding carboxylic acids is 1. The molecule has 6 nitrogen and oxygen atoms in total. The highest BCUT2D eigenvalue weighted by Gasteiger charge is 2.12. The van der Waals surface area contributed by atoms with Crippen LogP contribution in [0.25, 0.3) is 0 Å². The molecule has 6 heteroatoms. The van der Waals surface area contributed by atoms with Crippen LogP contribution in [0.1, 0.15) is 11.3 Å². The van der Waals surface area contributed by atoms with Crippen molar-refractivity contribution in [1.29, 1.82) is 0 Å². The summed E-state index contributed by atoms with van der Waals surface area (Å²) in [6.07, 6.45) is 5.33. The van der Waals surface area contributed by atoms with Crippen molar-refractivity contribution in [3.63, 3.8) is 0 Å². The van der Waals surface area contributed by atoms with Crippen LogP contribution in [0.2, 0.25) is 0 Å². The van der Waals surface area contributed by atoms with Crippen molar-refractivity contribution in [3.05, 3.63) is 35.9 Å². The van der Waals surface area contributed by atoms with Gasteiger partial charge in [0.05, 0.1) is 18.4 Å². The van der Waals surface area contributed by atoms with E-state index in [2.05, 4.69) is 10.2 Å². The third-order valence-electron chi connectivity index (χ3n) is 2.81. The van der Waals surface area contributed by atoms with Crippen LogP contribution in [-0.2, 0) is 24.9 Å². The molecule has 18 heavy (non-hydrogen) atoms. The molecule has 0 aliphatic carbocycles. The zero-order valence-electron chi connectivity index (χ0n) is 10.9. The Balaban J connectivity index is 1.95. The minimum Gasteiger partial charge on any atom is -0.338 e. The maximum Gasteiger partial charge on any atom is 0.244 e. The number of rotatable bonds is 4. The lowest BCUT2D eigenvalue weighted by Gasteiger charge is -2.17. The molecule has 1 amide bonds. The first kappa shape index (κ1) is 12.3. The molecule has 0 spiro atoms. The van der Waals surface area contributed by atoms with Gasteiger partial charge in [-0.05, 0) is 18.6 Å². The Morgan fingerprint density at radius 1 is 1.44 bits per heavy atom. The van der Waals surface area contributed by atoms with Crippen LogP contribution in [0, 0.1) is 6.92 Å². The van der Waals surface area contributed by atoms with Gasteiger partial charge in [0.15, 0.2) is 0 Å². The Morgan fingerprint density at radius 2 is 2.22 bits per heavy atom. The second-order valence-electron chi connectivity index (χ2n) is 4.41. The third kappa shape index (κ3) is 2.77. The van der Waals surface area contributed by atoms with Crippen LogP contribution in [0.5, 0.6) is 0 Å². The van der Waals surface area contributed by atoms with E-state index in [9.17, 15) is 4.79 Å². The van der Waals surface area contributed by atoms with Gasteiger partial charge in [0.25, 0.3) is 0 Å². The summed E-state index contributed by atoms with van der Waals surface area (Å²) < 4.78 is 3.42. The Morgan fingerprint density at radius 3 is 2.78 bits per heavy atom. The Labute approximate surface area is 106 Å². The topological polar surface area (TPSA) is 56.0 Å². The number of aromatic nitrogens is 4. The lowest BCUT2D eigenvalue weighted by atomic mass is 10.4. The second kappa shape index (κ2) is 5.03. The average molecular weight is 247 g/mol. The van der Waals surface area contributed by atoms with Gasteiger partial charge in [-0.15, -0.1) is 0 Å². The van der Waals surface area contributed by atoms with E-state index in [1.165, 1.54) is 0 Å². The van der Waals surface area contributed by atoms with E-state index in [1.54, 1.807) is 33.7 Å². The minimum atomic E-state index is 0.0271. The fraction of sp³-hybridized carbons (Fsp3) is 0.417. The fourth-order valence-corrected chi connectivity index (χ4v) is 1.70. The standard InChI is InChI=1S/C12H17N5O/c1-10-6-14-17(7-10)9-12(18)15(2)8-11-4-5-13-16(11)3/h4-7H,8-9H2,1-3H3. The van der Waals surface area contributed by atoms with Gasteiger partial charge in [0.1, 0.15) is 6.54 Å². The monoisotopic (exact) mass is 247 g/mol. The predicted octanol–water partition coefficient (Wildman–Crippen LogP) is 0.584. The van der Waals surface area contributed by atoms with Crippen molar-refractivity contribution in [2.45, 2.75) is 20.0 Å². The smallest absolute Gasteiger partial charge is 0.244 e. The number of hydrogen-bond acceptors (Lipinski definition) is 3. The van der Waals surface area contributed by atoms with Crippen LogP contribution in [0.4, 0.5) is 0 Å². The summed E-state index contributed by atoms with van der Waals surface area (Å²) in [6, 6.07) is 1.90. The molecule has 0 saturated carbocycles. The maximum atomic E-state index is 12.0. The van der Waals surface area contributed by atoms with Crippen LogP contribution >= 0.6 is 0 Å². The molecule has 0 fully saturated rings. The van der Waals surface area contributed by atoms with Gasteiger partial charge >= 0.3 is 0 Å². The molecule has 0 aliphatic rings. The molecule has 96 valence electrons. The molecule has 0 saturated heterocycles. The van der Waals surface area contributed by atoms with E-state index in [-0.39, 0.29) is 12.5 Å². The Kier molecular flexibility index (Phi) is 3.45. The molecule has 0 bridgehead atoms. The molecule has 0 N–H and O–H groups in total. The lowest BCUT2D eigenvalue weighted by Crippen LogP contribution is -2.30. The number of nitrogens with zero attached hydrogens (tertiary/aromatic N) is 5. The van der Waals surface area contributed by atoms with E-state index in [4.69, 9.17) is 0 Å². The zero-order valence-corrected chi connectivity index (χ0v) is 10.9. The molecule has 0 aromatic carbocycles. The Bertz CT molecular complexity index is 542. The summed E-state index contributed by atoms with van der Waals surface area (Å²) in [7, 11) is 3.65.